The summed E-state index contributed by atoms with van der Waals surface area (Å²) in [5.41, 5.74) is -1.64. The van der Waals surface area contributed by atoms with Gasteiger partial charge in [0, 0.05) is 19.0 Å². The van der Waals surface area contributed by atoms with Crippen LogP contribution in [0.1, 0.15) is 19.3 Å². The molecule has 1 atom stereocenters. The summed E-state index contributed by atoms with van der Waals surface area (Å²) in [5, 5.41) is 5.53. The topological polar surface area (TPSA) is 41.1 Å². The molecule has 0 spiro atoms. The van der Waals surface area contributed by atoms with Crippen LogP contribution < -0.4 is 10.6 Å². The number of hydrogen-bond acceptors (Lipinski definition) is 2. The number of carbonyl (C=O) groups excluding carboxylic acids is 1. The van der Waals surface area contributed by atoms with Crippen molar-refractivity contribution >= 4 is 18.3 Å². The van der Waals surface area contributed by atoms with Crippen molar-refractivity contribution in [2.24, 2.45) is 0 Å². The Morgan fingerprint density at radius 3 is 2.69 bits per heavy atom. The minimum Gasteiger partial charge on any atom is -0.351 e. The molecule has 0 bridgehead atoms. The van der Waals surface area contributed by atoms with Crippen molar-refractivity contribution in [1.82, 2.24) is 10.6 Å². The Labute approximate surface area is 82.9 Å². The second kappa shape index (κ2) is 3.80. The van der Waals surface area contributed by atoms with E-state index in [-0.39, 0.29) is 25.0 Å². The monoisotopic (exact) mass is 208 g/mol. The van der Waals surface area contributed by atoms with Crippen LogP contribution in [0.3, 0.4) is 0 Å². The minimum atomic E-state index is -1.64. The van der Waals surface area contributed by atoms with E-state index < -0.39 is 11.6 Å². The highest BCUT2D eigenvalue weighted by Gasteiger charge is 2.43. The van der Waals surface area contributed by atoms with Crippen LogP contribution in [-0.4, -0.2) is 30.7 Å². The highest BCUT2D eigenvalue weighted by molar-refractivity contribution is 5.86. The van der Waals surface area contributed by atoms with Gasteiger partial charge in [0.25, 0.3) is 5.91 Å². The summed E-state index contributed by atoms with van der Waals surface area (Å²) in [6.07, 6.45) is 2.33. The summed E-state index contributed by atoms with van der Waals surface area (Å²) in [6, 6.07) is 0.255. The van der Waals surface area contributed by atoms with E-state index in [4.69, 9.17) is 0 Å². The lowest BCUT2D eigenvalue weighted by molar-refractivity contribution is -0.131. The molecule has 2 N–H and O–H groups in total. The maximum atomic E-state index is 13.6. The van der Waals surface area contributed by atoms with Gasteiger partial charge in [0.2, 0.25) is 5.67 Å². The molecule has 0 aromatic carbocycles. The molecular weight excluding hydrogens is 195 g/mol. The van der Waals surface area contributed by atoms with Gasteiger partial charge in [-0.2, -0.15) is 0 Å². The SMILES string of the molecule is Cl.O=C(NC1CC1)C1(F)CCNC1. The van der Waals surface area contributed by atoms with E-state index in [1.54, 1.807) is 0 Å². The van der Waals surface area contributed by atoms with Crippen LogP contribution in [0.25, 0.3) is 0 Å². The van der Waals surface area contributed by atoms with Crippen LogP contribution in [0.2, 0.25) is 0 Å². The van der Waals surface area contributed by atoms with Gasteiger partial charge < -0.3 is 10.6 Å². The molecular formula is C8H14ClFN2O. The number of amides is 1. The molecule has 3 nitrogen and oxygen atoms in total. The molecule has 1 saturated heterocycles. The fraction of sp³-hybridized carbons (Fsp3) is 0.875. The molecule has 13 heavy (non-hydrogen) atoms. The lowest BCUT2D eigenvalue weighted by atomic mass is 10.1. The smallest absolute Gasteiger partial charge is 0.259 e. The van der Waals surface area contributed by atoms with Crippen molar-refractivity contribution < 1.29 is 9.18 Å². The predicted molar refractivity (Wildman–Crippen MR) is 49.7 cm³/mol. The van der Waals surface area contributed by atoms with E-state index in [1.165, 1.54) is 0 Å². The number of rotatable bonds is 2. The molecule has 1 amide bonds. The van der Waals surface area contributed by atoms with E-state index in [2.05, 4.69) is 10.6 Å². The van der Waals surface area contributed by atoms with E-state index in [0.717, 1.165) is 12.8 Å². The summed E-state index contributed by atoms with van der Waals surface area (Å²) in [5.74, 6) is -0.421. The Morgan fingerprint density at radius 1 is 1.54 bits per heavy atom. The van der Waals surface area contributed by atoms with E-state index in [1.807, 2.05) is 0 Å². The van der Waals surface area contributed by atoms with Gasteiger partial charge in [-0.25, -0.2) is 4.39 Å². The van der Waals surface area contributed by atoms with Crippen molar-refractivity contribution in [3.05, 3.63) is 0 Å². The van der Waals surface area contributed by atoms with Crippen molar-refractivity contribution in [2.45, 2.75) is 31.0 Å². The number of carbonyl (C=O) groups is 1. The first-order valence-electron chi connectivity index (χ1n) is 4.41. The Morgan fingerprint density at radius 2 is 2.23 bits per heavy atom. The van der Waals surface area contributed by atoms with Crippen LogP contribution in [-0.2, 0) is 4.79 Å². The molecule has 1 aliphatic carbocycles. The van der Waals surface area contributed by atoms with Gasteiger partial charge in [-0.05, 0) is 19.4 Å². The third kappa shape index (κ3) is 2.31. The summed E-state index contributed by atoms with van der Waals surface area (Å²) in [7, 11) is 0. The zero-order chi connectivity index (χ0) is 8.60. The standard InChI is InChI=1S/C8H13FN2O.ClH/c9-8(3-4-10-5-8)7(12)11-6-1-2-6;/h6,10H,1-5H2,(H,11,12);1H. The summed E-state index contributed by atoms with van der Waals surface area (Å²) >= 11 is 0. The number of alkyl halides is 1. The zero-order valence-electron chi connectivity index (χ0n) is 7.31. The third-order valence-corrected chi connectivity index (χ3v) is 2.42. The average Bonchev–Trinajstić information content (AvgIpc) is 2.73. The molecule has 2 fully saturated rings. The highest BCUT2D eigenvalue weighted by atomic mass is 35.5. The van der Waals surface area contributed by atoms with Gasteiger partial charge >= 0.3 is 0 Å². The first-order valence-corrected chi connectivity index (χ1v) is 4.41. The predicted octanol–water partition coefficient (Wildman–Crippen LogP) is 0.388. The van der Waals surface area contributed by atoms with Gasteiger partial charge in [-0.15, -0.1) is 12.4 Å². The fourth-order valence-corrected chi connectivity index (χ4v) is 1.40. The van der Waals surface area contributed by atoms with Gasteiger partial charge in [0.1, 0.15) is 0 Å². The van der Waals surface area contributed by atoms with Crippen LogP contribution in [0.5, 0.6) is 0 Å². The summed E-state index contributed by atoms with van der Waals surface area (Å²) in [4.78, 5) is 11.3. The third-order valence-electron chi connectivity index (χ3n) is 2.42. The zero-order valence-corrected chi connectivity index (χ0v) is 8.12. The minimum absolute atomic E-state index is 0. The lowest BCUT2D eigenvalue weighted by Gasteiger charge is -2.16. The van der Waals surface area contributed by atoms with Crippen molar-refractivity contribution in [1.29, 1.82) is 0 Å². The van der Waals surface area contributed by atoms with Gasteiger partial charge in [0.05, 0.1) is 0 Å². The maximum Gasteiger partial charge on any atom is 0.259 e. The number of hydrogen-bond donors (Lipinski definition) is 2. The quantitative estimate of drug-likeness (QED) is 0.690. The first-order chi connectivity index (χ1) is 5.71. The molecule has 76 valence electrons. The number of nitrogens with one attached hydrogen (secondary N) is 2. The lowest BCUT2D eigenvalue weighted by Crippen LogP contribution is -2.45. The molecule has 1 heterocycles. The van der Waals surface area contributed by atoms with E-state index >= 15 is 0 Å². The Balaban J connectivity index is 0.000000845. The molecule has 0 radical (unpaired) electrons. The fourth-order valence-electron chi connectivity index (χ4n) is 1.40. The van der Waals surface area contributed by atoms with E-state index in [9.17, 15) is 9.18 Å². The average molecular weight is 209 g/mol. The maximum absolute atomic E-state index is 13.6. The normalized spacial score (nSPS) is 32.4. The molecule has 2 rings (SSSR count). The van der Waals surface area contributed by atoms with Crippen molar-refractivity contribution in [3.63, 3.8) is 0 Å². The summed E-state index contributed by atoms with van der Waals surface area (Å²) in [6.45, 7) is 0.778. The second-order valence-corrected chi connectivity index (χ2v) is 3.64. The molecule has 5 heteroatoms. The molecule has 1 aliphatic heterocycles. The van der Waals surface area contributed by atoms with Crippen LogP contribution in [0, 0.1) is 0 Å². The summed E-state index contributed by atoms with van der Waals surface area (Å²) < 4.78 is 13.6. The molecule has 2 aliphatic rings. The Kier molecular flexibility index (Phi) is 3.14. The van der Waals surface area contributed by atoms with Gasteiger partial charge in [-0.3, -0.25) is 4.79 Å². The van der Waals surface area contributed by atoms with Gasteiger partial charge in [-0.1, -0.05) is 0 Å². The van der Waals surface area contributed by atoms with Crippen LogP contribution in [0.15, 0.2) is 0 Å². The van der Waals surface area contributed by atoms with Gasteiger partial charge in [0.15, 0.2) is 0 Å². The number of halogens is 2. The first kappa shape index (κ1) is 10.7. The molecule has 1 unspecified atom stereocenters. The molecule has 0 aromatic rings. The van der Waals surface area contributed by atoms with E-state index in [0.29, 0.717) is 13.0 Å². The largest absolute Gasteiger partial charge is 0.351 e. The van der Waals surface area contributed by atoms with Crippen LogP contribution in [0.4, 0.5) is 4.39 Å². The highest BCUT2D eigenvalue weighted by Crippen LogP contribution is 2.24. The Hall–Kier alpha value is -0.350. The van der Waals surface area contributed by atoms with Crippen molar-refractivity contribution in [3.8, 4) is 0 Å². The second-order valence-electron chi connectivity index (χ2n) is 3.64. The van der Waals surface area contributed by atoms with Crippen LogP contribution >= 0.6 is 12.4 Å². The Bertz CT molecular complexity index is 202. The van der Waals surface area contributed by atoms with Crippen molar-refractivity contribution in [2.75, 3.05) is 13.1 Å². The molecule has 1 saturated carbocycles. The molecule has 0 aromatic heterocycles.